The van der Waals surface area contributed by atoms with E-state index in [9.17, 15) is 9.59 Å². The first-order chi connectivity index (χ1) is 7.47. The van der Waals surface area contributed by atoms with Gasteiger partial charge in [0.2, 0.25) is 5.91 Å². The van der Waals surface area contributed by atoms with Crippen molar-refractivity contribution < 1.29 is 14.7 Å². The lowest BCUT2D eigenvalue weighted by Gasteiger charge is -2.15. The zero-order chi connectivity index (χ0) is 12.6. The summed E-state index contributed by atoms with van der Waals surface area (Å²) in [5.41, 5.74) is 0. The number of carboxylic acids is 1. The summed E-state index contributed by atoms with van der Waals surface area (Å²) in [4.78, 5) is 22.2. The fourth-order valence-corrected chi connectivity index (χ4v) is 1.17. The normalized spacial score (nSPS) is 13.5. The van der Waals surface area contributed by atoms with Crippen LogP contribution in [0, 0.1) is 5.92 Å². The van der Waals surface area contributed by atoms with Crippen molar-refractivity contribution in [1.29, 1.82) is 0 Å². The number of nitrogens with one attached hydrogen (secondary N) is 1. The lowest BCUT2D eigenvalue weighted by molar-refractivity contribution is -0.141. The summed E-state index contributed by atoms with van der Waals surface area (Å²) in [5, 5.41) is 11.3. The molecule has 0 bridgehead atoms. The molecular formula is C12H19NO3. The Kier molecular flexibility index (Phi) is 6.92. The molecule has 0 rings (SSSR count). The smallest absolute Gasteiger partial charge is 0.326 e. The number of hydrogen-bond donors (Lipinski definition) is 2. The van der Waals surface area contributed by atoms with Crippen molar-refractivity contribution in [2.24, 2.45) is 5.92 Å². The molecular weight excluding hydrogens is 206 g/mol. The van der Waals surface area contributed by atoms with E-state index in [0.29, 0.717) is 6.42 Å². The van der Waals surface area contributed by atoms with Crippen LogP contribution in [-0.4, -0.2) is 23.0 Å². The monoisotopic (exact) mass is 225 g/mol. The number of carbonyl (C=O) groups is 2. The molecule has 2 N–H and O–H groups in total. The van der Waals surface area contributed by atoms with Gasteiger partial charge in [0.15, 0.2) is 0 Å². The summed E-state index contributed by atoms with van der Waals surface area (Å²) < 4.78 is 0. The third-order valence-corrected chi connectivity index (χ3v) is 1.87. The molecule has 0 saturated heterocycles. The van der Waals surface area contributed by atoms with Crippen molar-refractivity contribution in [3.63, 3.8) is 0 Å². The maximum atomic E-state index is 11.3. The fraction of sp³-hybridized carbons (Fsp3) is 0.500. The Balaban J connectivity index is 4.29. The van der Waals surface area contributed by atoms with Crippen LogP contribution in [0.1, 0.15) is 27.2 Å². The van der Waals surface area contributed by atoms with Gasteiger partial charge in [-0.1, -0.05) is 32.1 Å². The van der Waals surface area contributed by atoms with Gasteiger partial charge in [0.25, 0.3) is 0 Å². The number of aliphatic carboxylic acids is 1. The fourth-order valence-electron chi connectivity index (χ4n) is 1.17. The van der Waals surface area contributed by atoms with Crippen molar-refractivity contribution in [2.75, 3.05) is 0 Å². The molecule has 4 heteroatoms. The third kappa shape index (κ3) is 6.81. The summed E-state index contributed by atoms with van der Waals surface area (Å²) in [6.07, 6.45) is 6.81. The van der Waals surface area contributed by atoms with Crippen LogP contribution in [0.25, 0.3) is 0 Å². The second-order valence-electron chi connectivity index (χ2n) is 3.91. The summed E-state index contributed by atoms with van der Waals surface area (Å²) in [6.45, 7) is 5.66. The summed E-state index contributed by atoms with van der Waals surface area (Å²) in [5.74, 6) is -1.16. The molecule has 16 heavy (non-hydrogen) atoms. The Hall–Kier alpha value is -1.58. The van der Waals surface area contributed by atoms with Crippen molar-refractivity contribution in [2.45, 2.75) is 33.2 Å². The van der Waals surface area contributed by atoms with Crippen molar-refractivity contribution in [3.05, 3.63) is 24.3 Å². The number of rotatable bonds is 6. The summed E-state index contributed by atoms with van der Waals surface area (Å²) in [7, 11) is 0. The van der Waals surface area contributed by atoms with Crippen LogP contribution in [0.4, 0.5) is 0 Å². The van der Waals surface area contributed by atoms with E-state index in [2.05, 4.69) is 5.32 Å². The molecule has 1 amide bonds. The van der Waals surface area contributed by atoms with Gasteiger partial charge in [0.1, 0.15) is 6.04 Å². The molecule has 0 radical (unpaired) electrons. The van der Waals surface area contributed by atoms with E-state index in [0.717, 1.165) is 0 Å². The number of allylic oxidation sites excluding steroid dienone is 3. The second kappa shape index (κ2) is 7.68. The molecule has 90 valence electrons. The number of amides is 1. The van der Waals surface area contributed by atoms with E-state index in [-0.39, 0.29) is 11.8 Å². The van der Waals surface area contributed by atoms with E-state index in [1.165, 1.54) is 6.08 Å². The molecule has 0 aliphatic heterocycles. The molecule has 0 aliphatic rings. The molecule has 0 aromatic rings. The first kappa shape index (κ1) is 14.4. The van der Waals surface area contributed by atoms with E-state index in [4.69, 9.17) is 5.11 Å². The van der Waals surface area contributed by atoms with Gasteiger partial charge in [0.05, 0.1) is 0 Å². The molecule has 0 heterocycles. The van der Waals surface area contributed by atoms with Crippen molar-refractivity contribution >= 4 is 11.9 Å². The molecule has 0 aromatic carbocycles. The molecule has 4 nitrogen and oxygen atoms in total. The zero-order valence-corrected chi connectivity index (χ0v) is 9.93. The highest BCUT2D eigenvalue weighted by Gasteiger charge is 2.19. The first-order valence-electron chi connectivity index (χ1n) is 5.30. The maximum Gasteiger partial charge on any atom is 0.326 e. The average Bonchev–Trinajstić information content (AvgIpc) is 2.16. The Labute approximate surface area is 96.0 Å². The predicted octanol–water partition coefficient (Wildman–Crippen LogP) is 1.73. The molecule has 0 fully saturated rings. The topological polar surface area (TPSA) is 66.4 Å². The van der Waals surface area contributed by atoms with Crippen LogP contribution >= 0.6 is 0 Å². The van der Waals surface area contributed by atoms with Crippen LogP contribution < -0.4 is 5.32 Å². The zero-order valence-electron chi connectivity index (χ0n) is 9.93. The van der Waals surface area contributed by atoms with E-state index in [1.54, 1.807) is 18.2 Å². The molecule has 0 spiro atoms. The third-order valence-electron chi connectivity index (χ3n) is 1.87. The van der Waals surface area contributed by atoms with Gasteiger partial charge in [-0.05, 0) is 19.3 Å². The molecule has 0 aromatic heterocycles. The van der Waals surface area contributed by atoms with Gasteiger partial charge in [-0.3, -0.25) is 4.79 Å². The molecule has 0 saturated carbocycles. The van der Waals surface area contributed by atoms with Gasteiger partial charge >= 0.3 is 5.97 Å². The van der Waals surface area contributed by atoms with Gasteiger partial charge in [-0.2, -0.15) is 0 Å². The largest absolute Gasteiger partial charge is 0.480 e. The minimum absolute atomic E-state index is 0.223. The Morgan fingerprint density at radius 2 is 1.94 bits per heavy atom. The Bertz CT molecular complexity index is 293. The average molecular weight is 225 g/mol. The SMILES string of the molecule is C/C=C/C=C/C(=O)N[C@@H](CC(C)C)C(=O)O. The van der Waals surface area contributed by atoms with Crippen LogP contribution in [-0.2, 0) is 9.59 Å². The van der Waals surface area contributed by atoms with Crippen molar-refractivity contribution in [1.82, 2.24) is 5.32 Å². The van der Waals surface area contributed by atoms with Crippen molar-refractivity contribution in [3.8, 4) is 0 Å². The minimum atomic E-state index is -0.999. The molecule has 0 aliphatic carbocycles. The van der Waals surface area contributed by atoms with Crippen LogP contribution in [0.15, 0.2) is 24.3 Å². The second-order valence-corrected chi connectivity index (χ2v) is 3.91. The molecule has 1 atom stereocenters. The number of carbonyl (C=O) groups excluding carboxylic acids is 1. The van der Waals surface area contributed by atoms with Crippen LogP contribution in [0.3, 0.4) is 0 Å². The van der Waals surface area contributed by atoms with Gasteiger partial charge in [0, 0.05) is 6.08 Å². The van der Waals surface area contributed by atoms with E-state index in [1.807, 2.05) is 20.8 Å². The van der Waals surface area contributed by atoms with Gasteiger partial charge in [-0.25, -0.2) is 4.79 Å². The first-order valence-corrected chi connectivity index (χ1v) is 5.30. The number of hydrogen-bond acceptors (Lipinski definition) is 2. The highest BCUT2D eigenvalue weighted by atomic mass is 16.4. The molecule has 0 unspecified atom stereocenters. The lowest BCUT2D eigenvalue weighted by atomic mass is 10.0. The highest BCUT2D eigenvalue weighted by Crippen LogP contribution is 2.04. The summed E-state index contributed by atoms with van der Waals surface area (Å²) in [6, 6.07) is -0.817. The standard InChI is InChI=1S/C12H19NO3/c1-4-5-6-7-11(14)13-10(12(15)16)8-9(2)3/h4-7,9-10H,8H2,1-3H3,(H,13,14)(H,15,16)/b5-4+,7-6+/t10-/m0/s1. The quantitative estimate of drug-likeness (QED) is 0.534. The number of carboxylic acid groups (broad SMARTS) is 1. The maximum absolute atomic E-state index is 11.3. The highest BCUT2D eigenvalue weighted by molar-refractivity contribution is 5.91. The van der Waals surface area contributed by atoms with Crippen LogP contribution in [0.5, 0.6) is 0 Å². The van der Waals surface area contributed by atoms with Gasteiger partial charge in [-0.15, -0.1) is 0 Å². The lowest BCUT2D eigenvalue weighted by Crippen LogP contribution is -2.40. The minimum Gasteiger partial charge on any atom is -0.480 e. The Morgan fingerprint density at radius 3 is 2.38 bits per heavy atom. The summed E-state index contributed by atoms with van der Waals surface area (Å²) >= 11 is 0. The van der Waals surface area contributed by atoms with E-state index < -0.39 is 12.0 Å². The van der Waals surface area contributed by atoms with Gasteiger partial charge < -0.3 is 10.4 Å². The van der Waals surface area contributed by atoms with Crippen LogP contribution in [0.2, 0.25) is 0 Å². The van der Waals surface area contributed by atoms with E-state index >= 15 is 0 Å². The predicted molar refractivity (Wildman–Crippen MR) is 63.0 cm³/mol. The Morgan fingerprint density at radius 1 is 1.31 bits per heavy atom.